The molecular formula is C45H73NO12. The molecule has 0 aromatic carbocycles. The number of nitrogens with one attached hydrogen (secondary N) is 1. The molecule has 4 aliphatic carbocycles. The molecule has 3 fully saturated rings. The standard InChI is InChI=1S/C45H73NO12/c1-13-24(2)36(39(52)55-12)46-34(49)22-42(8,54)23-35(50)57-30-21-43(9)29-20-32(48)45(11)27(26-14-17-33(41(6,7)53)58-38(26)51)18-19-44(45,10)28(29)15-16-31(43)40(4,5)37(30)56-25(3)47/h24,26-27,30-33,36-38,48,51,53-54H,13-23H2,1-12H3,(H,46,49)/t24-,26+,27+,30+,31-,32-,33-,36-,37-,38?,42-,43+,44-,45-/m0/s1. The molecular weight excluding hydrogens is 746 g/mol. The Balaban J connectivity index is 1.41. The van der Waals surface area contributed by atoms with Crippen molar-refractivity contribution in [3.05, 3.63) is 11.1 Å². The summed E-state index contributed by atoms with van der Waals surface area (Å²) < 4.78 is 23.1. The van der Waals surface area contributed by atoms with Gasteiger partial charge in [-0.25, -0.2) is 4.79 Å². The average Bonchev–Trinajstić information content (AvgIpc) is 3.39. The maximum Gasteiger partial charge on any atom is 0.328 e. The minimum atomic E-state index is -1.82. The van der Waals surface area contributed by atoms with E-state index in [0.717, 1.165) is 25.7 Å². The van der Waals surface area contributed by atoms with Gasteiger partial charge in [0.05, 0.1) is 43.4 Å². The molecule has 0 spiro atoms. The van der Waals surface area contributed by atoms with Crippen LogP contribution in [0.15, 0.2) is 11.1 Å². The molecule has 330 valence electrons. The van der Waals surface area contributed by atoms with Gasteiger partial charge >= 0.3 is 17.9 Å². The first-order chi connectivity index (χ1) is 26.7. The van der Waals surface area contributed by atoms with Gasteiger partial charge in [0.25, 0.3) is 0 Å². The Hall–Kier alpha value is -2.58. The molecule has 0 bridgehead atoms. The molecule has 0 radical (unpaired) electrons. The van der Waals surface area contributed by atoms with Crippen molar-refractivity contribution in [2.45, 2.75) is 195 Å². The zero-order chi connectivity index (χ0) is 43.6. The SMILES string of the molecule is CC[C@H](C)[C@H](NC(=O)C[C@](C)(O)CC(=O)O[C@@H]1C[C@]2(C)C3=C(CC[C@H]2C(C)(C)[C@H]1OC(C)=O)[C@]1(C)CC[C@H]([C@H]2CC[C@@H](C(C)(C)O)OC2O)[C@@]1(C)[C@@H](O)C3)C(=O)OC. The molecule has 5 rings (SSSR count). The zero-order valence-corrected chi connectivity index (χ0v) is 37.1. The summed E-state index contributed by atoms with van der Waals surface area (Å²) in [5, 5.41) is 48.4. The van der Waals surface area contributed by atoms with Crippen molar-refractivity contribution in [2.75, 3.05) is 7.11 Å². The first-order valence-electron chi connectivity index (χ1n) is 21.6. The summed E-state index contributed by atoms with van der Waals surface area (Å²) in [5.74, 6) is -2.86. The number of amides is 1. The second-order valence-electron chi connectivity index (χ2n) is 20.7. The van der Waals surface area contributed by atoms with Gasteiger partial charge < -0.3 is 44.7 Å². The summed E-state index contributed by atoms with van der Waals surface area (Å²) >= 11 is 0. The molecule has 0 aromatic heterocycles. The predicted molar refractivity (Wildman–Crippen MR) is 214 cm³/mol. The van der Waals surface area contributed by atoms with Crippen LogP contribution >= 0.6 is 0 Å². The number of carbonyl (C=O) groups excluding carboxylic acids is 4. The van der Waals surface area contributed by atoms with E-state index in [1.54, 1.807) is 13.8 Å². The fourth-order valence-electron chi connectivity index (χ4n) is 12.7. The lowest BCUT2D eigenvalue weighted by Crippen LogP contribution is -2.63. The van der Waals surface area contributed by atoms with Gasteiger partial charge in [-0.05, 0) is 101 Å². The molecule has 2 saturated carbocycles. The quantitative estimate of drug-likeness (QED) is 0.0972. The van der Waals surface area contributed by atoms with E-state index in [0.29, 0.717) is 32.1 Å². The number of fused-ring (bicyclic) bond motifs is 4. The van der Waals surface area contributed by atoms with Crippen molar-refractivity contribution < 1.29 is 58.6 Å². The minimum Gasteiger partial charge on any atom is -0.467 e. The molecule has 13 heteroatoms. The number of rotatable bonds is 12. The van der Waals surface area contributed by atoms with Gasteiger partial charge in [-0.2, -0.15) is 0 Å². The Labute approximate surface area is 345 Å². The van der Waals surface area contributed by atoms with Crippen molar-refractivity contribution >= 4 is 23.8 Å². The Morgan fingerprint density at radius 2 is 1.60 bits per heavy atom. The fraction of sp³-hybridized carbons (Fsp3) is 0.867. The first kappa shape index (κ1) is 46.5. The third-order valence-corrected chi connectivity index (χ3v) is 16.1. The number of allylic oxidation sites excluding steroid dienone is 1. The van der Waals surface area contributed by atoms with Crippen LogP contribution in [0.1, 0.15) is 147 Å². The van der Waals surface area contributed by atoms with E-state index < -0.39 is 101 Å². The number of hydrogen-bond donors (Lipinski definition) is 5. The van der Waals surface area contributed by atoms with Crippen LogP contribution in [0.25, 0.3) is 0 Å². The molecule has 14 atom stereocenters. The van der Waals surface area contributed by atoms with E-state index in [-0.39, 0.29) is 29.1 Å². The van der Waals surface area contributed by atoms with Gasteiger partial charge in [0.15, 0.2) is 6.29 Å². The Morgan fingerprint density at radius 1 is 0.948 bits per heavy atom. The monoisotopic (exact) mass is 820 g/mol. The molecule has 1 saturated heterocycles. The number of esters is 3. The van der Waals surface area contributed by atoms with Gasteiger partial charge in [-0.15, -0.1) is 0 Å². The third-order valence-electron chi connectivity index (χ3n) is 16.1. The summed E-state index contributed by atoms with van der Waals surface area (Å²) in [6, 6.07) is -0.906. The van der Waals surface area contributed by atoms with Crippen molar-refractivity contribution in [1.82, 2.24) is 5.32 Å². The molecule has 1 aliphatic heterocycles. The molecule has 5 N–H and O–H groups in total. The summed E-state index contributed by atoms with van der Waals surface area (Å²) in [5.41, 5.74) is -2.54. The van der Waals surface area contributed by atoms with Crippen molar-refractivity contribution in [3.63, 3.8) is 0 Å². The van der Waals surface area contributed by atoms with Crippen molar-refractivity contribution in [1.29, 1.82) is 0 Å². The first-order valence-corrected chi connectivity index (χ1v) is 21.6. The fourth-order valence-corrected chi connectivity index (χ4v) is 12.7. The Bertz CT molecular complexity index is 1620. The number of aliphatic hydroxyl groups excluding tert-OH is 2. The van der Waals surface area contributed by atoms with Crippen LogP contribution in [0.5, 0.6) is 0 Å². The highest BCUT2D eigenvalue weighted by atomic mass is 16.6. The molecule has 1 amide bonds. The number of aliphatic hydroxyl groups is 4. The lowest BCUT2D eigenvalue weighted by molar-refractivity contribution is -0.251. The van der Waals surface area contributed by atoms with Gasteiger partial charge in [-0.3, -0.25) is 14.4 Å². The second kappa shape index (κ2) is 16.4. The van der Waals surface area contributed by atoms with Gasteiger partial charge in [0.2, 0.25) is 5.91 Å². The maximum atomic E-state index is 13.8. The van der Waals surface area contributed by atoms with E-state index in [9.17, 15) is 39.6 Å². The smallest absolute Gasteiger partial charge is 0.328 e. The van der Waals surface area contributed by atoms with Gasteiger partial charge in [0, 0.05) is 23.7 Å². The summed E-state index contributed by atoms with van der Waals surface area (Å²) in [6.45, 7) is 20.5. The number of ether oxygens (including phenoxy) is 4. The van der Waals surface area contributed by atoms with Crippen LogP contribution in [0.4, 0.5) is 0 Å². The highest BCUT2D eigenvalue weighted by Crippen LogP contribution is 2.73. The molecule has 0 aromatic rings. The molecule has 58 heavy (non-hydrogen) atoms. The lowest BCUT2D eigenvalue weighted by atomic mass is 9.42. The highest BCUT2D eigenvalue weighted by molar-refractivity contribution is 5.85. The summed E-state index contributed by atoms with van der Waals surface area (Å²) in [7, 11) is 1.24. The maximum absolute atomic E-state index is 13.8. The topological polar surface area (TPSA) is 198 Å². The largest absolute Gasteiger partial charge is 0.467 e. The summed E-state index contributed by atoms with van der Waals surface area (Å²) in [4.78, 5) is 51.8. The van der Waals surface area contributed by atoms with Crippen LogP contribution in [0.3, 0.4) is 0 Å². The molecule has 13 nitrogen and oxygen atoms in total. The average molecular weight is 820 g/mol. The van der Waals surface area contributed by atoms with E-state index in [4.69, 9.17) is 18.9 Å². The Kier molecular flexibility index (Phi) is 13.1. The van der Waals surface area contributed by atoms with Gasteiger partial charge in [0.1, 0.15) is 18.2 Å². The van der Waals surface area contributed by atoms with Crippen LogP contribution in [-0.4, -0.2) is 99.3 Å². The molecule has 5 aliphatic rings. The zero-order valence-electron chi connectivity index (χ0n) is 37.1. The van der Waals surface area contributed by atoms with E-state index in [1.807, 2.05) is 27.7 Å². The highest BCUT2D eigenvalue weighted by Gasteiger charge is 2.69. The van der Waals surface area contributed by atoms with E-state index in [1.165, 1.54) is 32.1 Å². The third kappa shape index (κ3) is 8.25. The van der Waals surface area contributed by atoms with Crippen LogP contribution in [0, 0.1) is 45.3 Å². The van der Waals surface area contributed by atoms with Gasteiger partial charge in [-0.1, -0.05) is 66.0 Å². The van der Waals surface area contributed by atoms with Crippen molar-refractivity contribution in [2.24, 2.45) is 45.3 Å². The van der Waals surface area contributed by atoms with E-state index in [2.05, 4.69) is 26.1 Å². The number of hydrogen-bond acceptors (Lipinski definition) is 12. The van der Waals surface area contributed by atoms with Crippen LogP contribution in [0.2, 0.25) is 0 Å². The van der Waals surface area contributed by atoms with Crippen LogP contribution in [-0.2, 0) is 38.1 Å². The molecule has 1 unspecified atom stereocenters. The predicted octanol–water partition coefficient (Wildman–Crippen LogP) is 5.28. The number of methoxy groups -OCH3 is 1. The van der Waals surface area contributed by atoms with Crippen LogP contribution < -0.4 is 5.32 Å². The minimum absolute atomic E-state index is 0.00838. The van der Waals surface area contributed by atoms with Crippen molar-refractivity contribution in [3.8, 4) is 0 Å². The number of carbonyl (C=O) groups is 4. The summed E-state index contributed by atoms with van der Waals surface area (Å²) in [6.07, 6.45) is 1.03. The lowest BCUT2D eigenvalue weighted by Gasteiger charge is -2.64. The molecule has 1 heterocycles. The van der Waals surface area contributed by atoms with E-state index >= 15 is 0 Å². The normalized spacial score (nSPS) is 39.2. The second-order valence-corrected chi connectivity index (χ2v) is 20.7. The Morgan fingerprint density at radius 3 is 2.17 bits per heavy atom.